The van der Waals surface area contributed by atoms with E-state index in [0.717, 1.165) is 11.3 Å². The van der Waals surface area contributed by atoms with E-state index in [1.54, 1.807) is 41.5 Å². The number of thiazole rings is 1. The third-order valence-corrected chi connectivity index (χ3v) is 4.69. The van der Waals surface area contributed by atoms with Gasteiger partial charge in [-0.3, -0.25) is 14.9 Å². The molecule has 1 aliphatic rings. The fraction of sp³-hybridized carbons (Fsp3) is 0.619. The van der Waals surface area contributed by atoms with Gasteiger partial charge in [-0.2, -0.15) is 0 Å². The van der Waals surface area contributed by atoms with E-state index >= 15 is 0 Å². The summed E-state index contributed by atoms with van der Waals surface area (Å²) in [4.78, 5) is 58.5. The lowest BCUT2D eigenvalue weighted by Gasteiger charge is -2.27. The van der Waals surface area contributed by atoms with E-state index in [-0.39, 0.29) is 29.0 Å². The first kappa shape index (κ1) is 27.0. The van der Waals surface area contributed by atoms with Crippen molar-refractivity contribution in [2.75, 3.05) is 11.9 Å². The van der Waals surface area contributed by atoms with Crippen LogP contribution in [0.4, 0.5) is 9.93 Å². The third kappa shape index (κ3) is 7.97. The predicted molar refractivity (Wildman–Crippen MR) is 124 cm³/mol. The molecule has 1 fully saturated rings. The summed E-state index contributed by atoms with van der Waals surface area (Å²) >= 11 is 1.03. The van der Waals surface area contributed by atoms with Crippen molar-refractivity contribution in [2.45, 2.75) is 78.2 Å². The molecule has 188 valence electrons. The van der Waals surface area contributed by atoms with Crippen LogP contribution >= 0.6 is 11.3 Å². The van der Waals surface area contributed by atoms with Crippen molar-refractivity contribution in [3.05, 3.63) is 11.1 Å². The Labute approximate surface area is 201 Å². The number of nitrogens with zero attached hydrogens (tertiary/aromatic N) is 2. The lowest BCUT2D eigenvalue weighted by molar-refractivity contribution is -0.179. The monoisotopic (exact) mass is 497 g/mol. The average Bonchev–Trinajstić information content (AvgIpc) is 3.09. The molecule has 1 aromatic rings. The number of oxime groups is 1. The molecule has 0 radical (unpaired) electrons. The van der Waals surface area contributed by atoms with E-state index in [4.69, 9.17) is 14.3 Å². The molecule has 34 heavy (non-hydrogen) atoms. The number of rotatable bonds is 7. The first-order chi connectivity index (χ1) is 15.5. The number of β-lactam (4-membered cyclic amide) rings is 1. The number of aromatic nitrogens is 1. The van der Waals surface area contributed by atoms with Crippen LogP contribution in [-0.4, -0.2) is 64.0 Å². The van der Waals surface area contributed by atoms with Crippen molar-refractivity contribution in [3.63, 3.8) is 0 Å². The van der Waals surface area contributed by atoms with Gasteiger partial charge in [-0.1, -0.05) is 5.16 Å². The van der Waals surface area contributed by atoms with Gasteiger partial charge in [-0.15, -0.1) is 11.3 Å². The maximum absolute atomic E-state index is 12.9. The molecule has 13 heteroatoms. The number of carbonyl (C=O) groups excluding carboxylic acids is 4. The highest BCUT2D eigenvalue weighted by molar-refractivity contribution is 7.14. The van der Waals surface area contributed by atoms with Gasteiger partial charge in [0.2, 0.25) is 11.5 Å². The summed E-state index contributed by atoms with van der Waals surface area (Å²) in [6.45, 7) is 13.4. The van der Waals surface area contributed by atoms with Crippen LogP contribution in [0.25, 0.3) is 0 Å². The van der Waals surface area contributed by atoms with Crippen molar-refractivity contribution >= 4 is 46.1 Å². The van der Waals surface area contributed by atoms with Crippen LogP contribution in [0.3, 0.4) is 0 Å². The summed E-state index contributed by atoms with van der Waals surface area (Å²) in [6, 6.07) is -0.727. The summed E-state index contributed by atoms with van der Waals surface area (Å²) < 4.78 is 10.5. The Kier molecular flexibility index (Phi) is 7.91. The molecular formula is C21H31N5O7S. The first-order valence-electron chi connectivity index (χ1n) is 10.5. The van der Waals surface area contributed by atoms with Crippen LogP contribution in [0.2, 0.25) is 0 Å². The number of ether oxygens (including phenoxy) is 2. The third-order valence-electron chi connectivity index (χ3n) is 3.93. The molecular weight excluding hydrogens is 466 g/mol. The largest absolute Gasteiger partial charge is 0.457 e. The van der Waals surface area contributed by atoms with Crippen molar-refractivity contribution < 1.29 is 33.5 Å². The molecule has 3 N–H and O–H groups in total. The van der Waals surface area contributed by atoms with Crippen LogP contribution in [0, 0.1) is 0 Å². The fourth-order valence-electron chi connectivity index (χ4n) is 2.26. The highest BCUT2D eigenvalue weighted by atomic mass is 32.1. The quantitative estimate of drug-likeness (QED) is 0.223. The molecule has 1 aliphatic heterocycles. The minimum Gasteiger partial charge on any atom is -0.457 e. The van der Waals surface area contributed by atoms with Crippen molar-refractivity contribution in [1.29, 1.82) is 0 Å². The standard InChI is InChI=1S/C21H31N5O7S/c1-19(2,3)31-16(29)21(7,8)33-26-13(15(28)23-11-9-22-14(11)27)12-10-34-17(24-12)25-18(30)32-20(4,5)6/h10-11H,9H2,1-8H3,(H,22,27)(H,23,28)(H,24,25,30). The minimum atomic E-state index is -1.53. The number of amides is 3. The van der Waals surface area contributed by atoms with Gasteiger partial charge in [0.15, 0.2) is 10.8 Å². The second kappa shape index (κ2) is 9.95. The van der Waals surface area contributed by atoms with Crippen LogP contribution in [0.5, 0.6) is 0 Å². The topological polar surface area (TPSA) is 157 Å². The predicted octanol–water partition coefficient (Wildman–Crippen LogP) is 1.95. The molecule has 0 bridgehead atoms. The summed E-state index contributed by atoms with van der Waals surface area (Å²) in [5, 5.41) is 13.0. The highest BCUT2D eigenvalue weighted by Crippen LogP contribution is 2.21. The van der Waals surface area contributed by atoms with Gasteiger partial charge >= 0.3 is 12.1 Å². The van der Waals surface area contributed by atoms with Gasteiger partial charge in [-0.25, -0.2) is 14.6 Å². The Hall–Kier alpha value is -3.22. The molecule has 0 aromatic carbocycles. The maximum Gasteiger partial charge on any atom is 0.413 e. The molecule has 1 unspecified atom stereocenters. The second-order valence-corrected chi connectivity index (χ2v) is 10.8. The molecule has 1 saturated heterocycles. The van der Waals surface area contributed by atoms with Crippen molar-refractivity contribution in [1.82, 2.24) is 15.6 Å². The van der Waals surface area contributed by atoms with Gasteiger partial charge < -0.3 is 24.9 Å². The molecule has 2 rings (SSSR count). The van der Waals surface area contributed by atoms with Gasteiger partial charge in [0, 0.05) is 11.9 Å². The van der Waals surface area contributed by atoms with E-state index in [2.05, 4.69) is 26.1 Å². The first-order valence-corrected chi connectivity index (χ1v) is 11.4. The van der Waals surface area contributed by atoms with Crippen molar-refractivity contribution in [2.24, 2.45) is 5.16 Å². The van der Waals surface area contributed by atoms with E-state index in [1.807, 2.05) is 0 Å². The van der Waals surface area contributed by atoms with Crippen LogP contribution in [0.1, 0.15) is 61.1 Å². The Morgan fingerprint density at radius 2 is 1.71 bits per heavy atom. The van der Waals surface area contributed by atoms with Gasteiger partial charge in [0.25, 0.3) is 5.91 Å². The fourth-order valence-corrected chi connectivity index (χ4v) is 2.94. The SMILES string of the molecule is CC(C)(C)OC(=O)Nc1nc(C(=NOC(C)(C)C(=O)OC(C)(C)C)C(=O)NC2CNC2=O)cs1. The maximum atomic E-state index is 12.9. The summed E-state index contributed by atoms with van der Waals surface area (Å²) in [7, 11) is 0. The molecule has 3 amide bonds. The Morgan fingerprint density at radius 1 is 1.09 bits per heavy atom. The molecule has 0 spiro atoms. The zero-order chi connectivity index (χ0) is 25.9. The second-order valence-electron chi connectivity index (χ2n) is 9.98. The summed E-state index contributed by atoms with van der Waals surface area (Å²) in [6.07, 6.45) is -0.718. The Balaban J connectivity index is 2.25. The average molecular weight is 498 g/mol. The zero-order valence-electron chi connectivity index (χ0n) is 20.5. The number of hydrogen-bond donors (Lipinski definition) is 3. The van der Waals surface area contributed by atoms with Crippen LogP contribution < -0.4 is 16.0 Å². The van der Waals surface area contributed by atoms with Crippen LogP contribution in [0.15, 0.2) is 10.5 Å². The lowest BCUT2D eigenvalue weighted by atomic mass is 10.1. The zero-order valence-corrected chi connectivity index (χ0v) is 21.3. The highest BCUT2D eigenvalue weighted by Gasteiger charge is 2.37. The van der Waals surface area contributed by atoms with Gasteiger partial charge in [0.05, 0.1) is 0 Å². The number of anilines is 1. The Bertz CT molecular complexity index is 988. The molecule has 0 aliphatic carbocycles. The number of hydrogen-bond acceptors (Lipinski definition) is 10. The molecule has 2 heterocycles. The molecule has 1 atom stereocenters. The molecule has 1 aromatic heterocycles. The van der Waals surface area contributed by atoms with E-state index < -0.39 is 40.8 Å². The summed E-state index contributed by atoms with van der Waals surface area (Å²) in [5.41, 5.74) is -3.21. The number of carbonyl (C=O) groups is 4. The molecule has 0 saturated carbocycles. The molecule has 12 nitrogen and oxygen atoms in total. The van der Waals surface area contributed by atoms with E-state index in [0.29, 0.717) is 0 Å². The van der Waals surface area contributed by atoms with E-state index in [1.165, 1.54) is 19.2 Å². The van der Waals surface area contributed by atoms with E-state index in [9.17, 15) is 19.2 Å². The smallest absolute Gasteiger partial charge is 0.413 e. The number of esters is 1. The Morgan fingerprint density at radius 3 is 2.21 bits per heavy atom. The van der Waals surface area contributed by atoms with Gasteiger partial charge in [0.1, 0.15) is 22.9 Å². The minimum absolute atomic E-state index is 0.0632. The van der Waals surface area contributed by atoms with Crippen molar-refractivity contribution in [3.8, 4) is 0 Å². The summed E-state index contributed by atoms with van der Waals surface area (Å²) in [5.74, 6) is -1.77. The van der Waals surface area contributed by atoms with Gasteiger partial charge in [-0.05, 0) is 55.4 Å². The lowest BCUT2D eigenvalue weighted by Crippen LogP contribution is -2.62. The number of nitrogens with one attached hydrogen (secondary N) is 3. The normalized spacial score (nSPS) is 16.6. The van der Waals surface area contributed by atoms with Crippen LogP contribution in [-0.2, 0) is 28.7 Å².